The normalized spacial score (nSPS) is 13.9. The van der Waals surface area contributed by atoms with E-state index in [2.05, 4.69) is 43.5 Å². The van der Waals surface area contributed by atoms with Gasteiger partial charge in [0, 0.05) is 63.8 Å². The Bertz CT molecular complexity index is 1230. The van der Waals surface area contributed by atoms with Gasteiger partial charge in [0.1, 0.15) is 11.4 Å². The van der Waals surface area contributed by atoms with Gasteiger partial charge < -0.3 is 15.2 Å². The molecule has 208 valence electrons. The molecule has 0 saturated carbocycles. The van der Waals surface area contributed by atoms with Crippen LogP contribution < -0.4 is 10.6 Å². The van der Waals surface area contributed by atoms with Crippen molar-refractivity contribution in [2.75, 3.05) is 56.6 Å². The second-order valence-corrected chi connectivity index (χ2v) is 9.85. The number of hydrogen-bond acceptors (Lipinski definition) is 8. The average Bonchev–Trinajstić information content (AvgIpc) is 3.59. The van der Waals surface area contributed by atoms with Crippen LogP contribution in [0.5, 0.6) is 0 Å². The quantitative estimate of drug-likeness (QED) is 0.152. The van der Waals surface area contributed by atoms with E-state index >= 15 is 0 Å². The molecule has 1 fully saturated rings. The van der Waals surface area contributed by atoms with Gasteiger partial charge in [-0.25, -0.2) is 0 Å². The van der Waals surface area contributed by atoms with Crippen molar-refractivity contribution in [1.29, 1.82) is 0 Å². The Balaban J connectivity index is 1.07. The Hall–Kier alpha value is -3.96. The summed E-state index contributed by atoms with van der Waals surface area (Å²) in [6.45, 7) is 7.38. The van der Waals surface area contributed by atoms with Gasteiger partial charge in [0.15, 0.2) is 0 Å². The fourth-order valence-electron chi connectivity index (χ4n) is 4.93. The number of aryl methyl sites for hydroxylation is 2. The second kappa shape index (κ2) is 14.3. The molecule has 2 aromatic carbocycles. The number of para-hydroxylation sites is 4. The summed E-state index contributed by atoms with van der Waals surface area (Å²) in [6, 6.07) is 15.7. The van der Waals surface area contributed by atoms with Crippen LogP contribution in [0.15, 0.2) is 67.0 Å². The average molecular weight is 536 g/mol. The van der Waals surface area contributed by atoms with Crippen LogP contribution in [0, 0.1) is 20.2 Å². The molecular formula is C28H37N7O4. The molecule has 1 aliphatic rings. The van der Waals surface area contributed by atoms with Crippen molar-refractivity contribution in [1.82, 2.24) is 14.4 Å². The predicted molar refractivity (Wildman–Crippen MR) is 153 cm³/mol. The molecule has 1 saturated heterocycles. The van der Waals surface area contributed by atoms with Crippen LogP contribution in [0.25, 0.3) is 0 Å². The third-order valence-corrected chi connectivity index (χ3v) is 6.96. The van der Waals surface area contributed by atoms with E-state index in [1.54, 1.807) is 30.3 Å². The van der Waals surface area contributed by atoms with E-state index in [-0.39, 0.29) is 21.2 Å². The van der Waals surface area contributed by atoms with Gasteiger partial charge in [0.2, 0.25) is 0 Å². The summed E-state index contributed by atoms with van der Waals surface area (Å²) < 4.78 is 2.19. The number of rotatable bonds is 16. The number of nitro benzene ring substituents is 2. The predicted octanol–water partition coefficient (Wildman–Crippen LogP) is 4.82. The zero-order chi connectivity index (χ0) is 27.5. The van der Waals surface area contributed by atoms with Gasteiger partial charge >= 0.3 is 0 Å². The molecule has 1 aliphatic heterocycles. The third-order valence-electron chi connectivity index (χ3n) is 6.96. The molecule has 2 heterocycles. The number of nitrogens with zero attached hydrogens (tertiary/aromatic N) is 5. The van der Waals surface area contributed by atoms with Crippen LogP contribution in [-0.4, -0.2) is 70.2 Å². The van der Waals surface area contributed by atoms with Crippen molar-refractivity contribution in [2.45, 2.75) is 32.2 Å². The lowest BCUT2D eigenvalue weighted by Gasteiger charge is -2.18. The molecule has 2 N–H and O–H groups in total. The highest BCUT2D eigenvalue weighted by molar-refractivity contribution is 5.61. The molecule has 0 spiro atoms. The first-order valence-corrected chi connectivity index (χ1v) is 13.5. The van der Waals surface area contributed by atoms with E-state index < -0.39 is 0 Å². The highest BCUT2D eigenvalue weighted by Gasteiger charge is 2.19. The van der Waals surface area contributed by atoms with Crippen molar-refractivity contribution in [3.63, 3.8) is 0 Å². The minimum Gasteiger partial charge on any atom is -0.379 e. The molecule has 11 nitrogen and oxygen atoms in total. The van der Waals surface area contributed by atoms with Crippen molar-refractivity contribution in [3.05, 3.63) is 92.8 Å². The van der Waals surface area contributed by atoms with Crippen LogP contribution >= 0.6 is 0 Å². The Morgan fingerprint density at radius 3 is 1.85 bits per heavy atom. The maximum absolute atomic E-state index is 11.1. The second-order valence-electron chi connectivity index (χ2n) is 9.85. The molecule has 0 aliphatic carbocycles. The molecule has 39 heavy (non-hydrogen) atoms. The van der Waals surface area contributed by atoms with E-state index in [4.69, 9.17) is 0 Å². The SMILES string of the molecule is O=[N+]([O-])c1ccccc1NCCCN1CCN(CCCc2ccn(CCCNc3ccccc3[N+](=O)[O-])c2)C1. The summed E-state index contributed by atoms with van der Waals surface area (Å²) >= 11 is 0. The summed E-state index contributed by atoms with van der Waals surface area (Å²) in [5.41, 5.74) is 2.70. The minimum atomic E-state index is -0.359. The number of nitrogens with one attached hydrogen (secondary N) is 2. The van der Waals surface area contributed by atoms with Crippen LogP contribution in [-0.2, 0) is 13.0 Å². The van der Waals surface area contributed by atoms with Crippen LogP contribution in [0.2, 0.25) is 0 Å². The van der Waals surface area contributed by atoms with E-state index in [9.17, 15) is 20.2 Å². The lowest BCUT2D eigenvalue weighted by atomic mass is 10.2. The summed E-state index contributed by atoms with van der Waals surface area (Å²) in [4.78, 5) is 26.5. The van der Waals surface area contributed by atoms with Crippen molar-refractivity contribution >= 4 is 22.7 Å². The Labute approximate surface area is 228 Å². The zero-order valence-corrected chi connectivity index (χ0v) is 22.2. The smallest absolute Gasteiger partial charge is 0.292 e. The van der Waals surface area contributed by atoms with Crippen molar-refractivity contribution in [2.24, 2.45) is 0 Å². The molecule has 4 rings (SSSR count). The molecule has 0 bridgehead atoms. The number of benzene rings is 2. The molecule has 0 radical (unpaired) electrons. The maximum atomic E-state index is 11.1. The van der Waals surface area contributed by atoms with E-state index in [0.717, 1.165) is 65.1 Å². The maximum Gasteiger partial charge on any atom is 0.292 e. The molecule has 0 atom stereocenters. The van der Waals surface area contributed by atoms with Crippen LogP contribution in [0.1, 0.15) is 24.8 Å². The molecule has 11 heteroatoms. The van der Waals surface area contributed by atoms with Gasteiger partial charge in [0.05, 0.1) is 16.5 Å². The minimum absolute atomic E-state index is 0.107. The summed E-state index contributed by atoms with van der Waals surface area (Å²) in [5.74, 6) is 0. The first-order valence-electron chi connectivity index (χ1n) is 13.5. The van der Waals surface area contributed by atoms with Crippen molar-refractivity contribution in [3.8, 4) is 0 Å². The van der Waals surface area contributed by atoms with Gasteiger partial charge in [-0.05, 0) is 56.0 Å². The number of nitro groups is 2. The molecular weight excluding hydrogens is 498 g/mol. The third kappa shape index (κ3) is 8.52. The first-order chi connectivity index (χ1) is 19.0. The van der Waals surface area contributed by atoms with Gasteiger partial charge in [-0.2, -0.15) is 0 Å². The largest absolute Gasteiger partial charge is 0.379 e. The van der Waals surface area contributed by atoms with E-state index in [1.165, 1.54) is 17.7 Å². The molecule has 0 amide bonds. The summed E-state index contributed by atoms with van der Waals surface area (Å²) in [5, 5.41) is 28.6. The molecule has 0 unspecified atom stereocenters. The highest BCUT2D eigenvalue weighted by Crippen LogP contribution is 2.24. The summed E-state index contributed by atoms with van der Waals surface area (Å²) in [7, 11) is 0. The molecule has 1 aromatic heterocycles. The lowest BCUT2D eigenvalue weighted by molar-refractivity contribution is -0.384. The standard InChI is InChI=1S/C28H37N7O4/c36-34(37)27-11-3-1-9-25(27)29-14-6-17-31-19-13-24(22-31)8-5-16-32-20-21-33(23-32)18-7-15-30-26-10-2-4-12-28(26)35(38)39/h1-4,9-13,19,22,29-30H,5-8,14-18,20-21,23H2. The summed E-state index contributed by atoms with van der Waals surface area (Å²) in [6.07, 6.45) is 8.27. The first kappa shape index (κ1) is 28.1. The van der Waals surface area contributed by atoms with Crippen molar-refractivity contribution < 1.29 is 9.85 Å². The Kier molecular flexibility index (Phi) is 10.3. The fourth-order valence-corrected chi connectivity index (χ4v) is 4.93. The number of hydrogen-bond donors (Lipinski definition) is 2. The van der Waals surface area contributed by atoms with Gasteiger partial charge in [-0.15, -0.1) is 0 Å². The Morgan fingerprint density at radius 2 is 1.26 bits per heavy atom. The number of anilines is 2. The monoisotopic (exact) mass is 535 g/mol. The fraction of sp³-hybridized carbons (Fsp3) is 0.429. The Morgan fingerprint density at radius 1 is 0.718 bits per heavy atom. The van der Waals surface area contributed by atoms with E-state index in [0.29, 0.717) is 24.5 Å². The van der Waals surface area contributed by atoms with E-state index in [1.807, 2.05) is 6.07 Å². The van der Waals surface area contributed by atoms with Crippen LogP contribution in [0.4, 0.5) is 22.7 Å². The van der Waals surface area contributed by atoms with Gasteiger partial charge in [-0.1, -0.05) is 24.3 Å². The zero-order valence-electron chi connectivity index (χ0n) is 22.2. The lowest BCUT2D eigenvalue weighted by Crippen LogP contribution is -2.28. The van der Waals surface area contributed by atoms with Gasteiger partial charge in [-0.3, -0.25) is 30.0 Å². The number of aromatic nitrogens is 1. The topological polar surface area (TPSA) is 122 Å². The van der Waals surface area contributed by atoms with Gasteiger partial charge in [0.25, 0.3) is 11.4 Å². The highest BCUT2D eigenvalue weighted by atomic mass is 16.6. The molecule has 3 aromatic rings. The van der Waals surface area contributed by atoms with Crippen LogP contribution in [0.3, 0.4) is 0 Å².